The number of methoxy groups -OCH3 is 1. The fraction of sp³-hybridized carbons (Fsp3) is 0.176. The molecule has 0 saturated heterocycles. The lowest BCUT2D eigenvalue weighted by molar-refractivity contribution is -0.136. The van der Waals surface area contributed by atoms with Crippen LogP contribution in [0.1, 0.15) is 24.0 Å². The van der Waals surface area contributed by atoms with E-state index in [1.165, 1.54) is 7.11 Å². The molecule has 3 rings (SSSR count). The van der Waals surface area contributed by atoms with Gasteiger partial charge in [0.15, 0.2) is 0 Å². The number of hydrogen-bond acceptors (Lipinski definition) is 4. The number of carbonyl (C=O) groups excluding carboxylic acids is 1. The van der Waals surface area contributed by atoms with Crippen molar-refractivity contribution in [3.8, 4) is 0 Å². The summed E-state index contributed by atoms with van der Waals surface area (Å²) in [5, 5.41) is 3.73. The molecule has 1 aliphatic heterocycles. The third-order valence-electron chi connectivity index (χ3n) is 4.00. The van der Waals surface area contributed by atoms with Gasteiger partial charge in [-0.15, -0.1) is 0 Å². The first-order chi connectivity index (χ1) is 11.5. The van der Waals surface area contributed by atoms with Gasteiger partial charge in [0.05, 0.1) is 34.2 Å². The molecule has 2 N–H and O–H groups in total. The summed E-state index contributed by atoms with van der Waals surface area (Å²) in [5.74, 6) is -1.21. The van der Waals surface area contributed by atoms with Gasteiger partial charge in [-0.2, -0.15) is 0 Å². The predicted octanol–water partition coefficient (Wildman–Crippen LogP) is 3.69. The molecule has 0 fully saturated rings. The molecule has 0 spiro atoms. The Morgan fingerprint density at radius 2 is 2.00 bits per heavy atom. The van der Waals surface area contributed by atoms with Crippen molar-refractivity contribution in [2.45, 2.75) is 12.8 Å². The molecule has 0 saturated carbocycles. The van der Waals surface area contributed by atoms with Crippen molar-refractivity contribution in [1.82, 2.24) is 4.98 Å². The first kappa shape index (κ1) is 16.6. The van der Waals surface area contributed by atoms with E-state index in [1.54, 1.807) is 37.4 Å². The van der Waals surface area contributed by atoms with Crippen LogP contribution in [0.2, 0.25) is 10.0 Å². The van der Waals surface area contributed by atoms with Crippen LogP contribution in [0.3, 0.4) is 0 Å². The zero-order valence-electron chi connectivity index (χ0n) is 12.9. The standard InChI is InChI=1S/C17H14Cl2N2O3/c1-8-12(17(23)24-2)13(9-4-3-5-10(18)15(9)19)14-11(21-8)6-7-20-16(14)22/h3-7,13,21H,1-2H3,(H,20,22). The Morgan fingerprint density at radius 1 is 1.25 bits per heavy atom. The minimum absolute atomic E-state index is 0.300. The van der Waals surface area contributed by atoms with Gasteiger partial charge >= 0.3 is 5.97 Å². The number of fused-ring (bicyclic) bond motifs is 1. The van der Waals surface area contributed by atoms with Crippen LogP contribution in [-0.2, 0) is 9.53 Å². The number of H-pyrrole nitrogens is 1. The first-order valence-corrected chi connectivity index (χ1v) is 7.93. The summed E-state index contributed by atoms with van der Waals surface area (Å²) in [4.78, 5) is 27.5. The van der Waals surface area contributed by atoms with Crippen molar-refractivity contribution in [3.05, 3.63) is 73.3 Å². The smallest absolute Gasteiger partial charge is 0.336 e. The Hall–Kier alpha value is -2.24. The predicted molar refractivity (Wildman–Crippen MR) is 93.7 cm³/mol. The van der Waals surface area contributed by atoms with Crippen molar-refractivity contribution in [1.29, 1.82) is 0 Å². The number of rotatable bonds is 2. The Bertz CT molecular complexity index is 918. The maximum atomic E-state index is 12.5. The van der Waals surface area contributed by atoms with Crippen molar-refractivity contribution in [2.24, 2.45) is 0 Å². The third kappa shape index (κ3) is 2.60. The van der Waals surface area contributed by atoms with Gasteiger partial charge in [0.1, 0.15) is 0 Å². The molecule has 24 heavy (non-hydrogen) atoms. The molecule has 2 heterocycles. The number of esters is 1. The second-order valence-electron chi connectivity index (χ2n) is 5.37. The lowest BCUT2D eigenvalue weighted by Gasteiger charge is -2.29. The fourth-order valence-electron chi connectivity index (χ4n) is 2.95. The summed E-state index contributed by atoms with van der Waals surface area (Å²) in [6.45, 7) is 1.75. The van der Waals surface area contributed by atoms with Gasteiger partial charge in [0.25, 0.3) is 5.56 Å². The molecule has 1 atom stereocenters. The van der Waals surface area contributed by atoms with E-state index >= 15 is 0 Å². The fourth-order valence-corrected chi connectivity index (χ4v) is 3.37. The molecule has 0 radical (unpaired) electrons. The highest BCUT2D eigenvalue weighted by Gasteiger charge is 2.36. The number of carbonyl (C=O) groups is 1. The number of nitrogens with one attached hydrogen (secondary N) is 2. The summed E-state index contributed by atoms with van der Waals surface area (Å²) in [6, 6.07) is 6.86. The van der Waals surface area contributed by atoms with Crippen molar-refractivity contribution in [2.75, 3.05) is 12.4 Å². The van der Waals surface area contributed by atoms with Crippen LogP contribution in [-0.4, -0.2) is 18.1 Å². The summed E-state index contributed by atoms with van der Waals surface area (Å²) >= 11 is 12.5. The maximum Gasteiger partial charge on any atom is 0.336 e. The highest BCUT2D eigenvalue weighted by Crippen LogP contribution is 2.43. The van der Waals surface area contributed by atoms with Gasteiger partial charge in [-0.25, -0.2) is 4.79 Å². The number of pyridine rings is 1. The molecule has 1 aromatic heterocycles. The van der Waals surface area contributed by atoms with Crippen LogP contribution in [0.5, 0.6) is 0 Å². The highest BCUT2D eigenvalue weighted by atomic mass is 35.5. The van der Waals surface area contributed by atoms with E-state index in [1.807, 2.05) is 0 Å². The molecule has 7 heteroatoms. The SMILES string of the molecule is COC(=O)C1=C(C)Nc2cc[nH]c(=O)c2C1c1cccc(Cl)c1Cl. The van der Waals surface area contributed by atoms with Gasteiger partial charge in [-0.3, -0.25) is 4.79 Å². The monoisotopic (exact) mass is 364 g/mol. The van der Waals surface area contributed by atoms with Crippen LogP contribution >= 0.6 is 23.2 Å². The molecule has 0 aliphatic carbocycles. The molecule has 1 unspecified atom stereocenters. The quantitative estimate of drug-likeness (QED) is 0.797. The highest BCUT2D eigenvalue weighted by molar-refractivity contribution is 6.42. The molecular weight excluding hydrogens is 351 g/mol. The zero-order valence-corrected chi connectivity index (χ0v) is 14.5. The van der Waals surface area contributed by atoms with E-state index in [0.717, 1.165) is 0 Å². The molecule has 0 amide bonds. The van der Waals surface area contributed by atoms with Crippen LogP contribution in [0.25, 0.3) is 0 Å². The van der Waals surface area contributed by atoms with Crippen LogP contribution in [0.15, 0.2) is 46.5 Å². The Morgan fingerprint density at radius 3 is 2.71 bits per heavy atom. The number of aromatic amines is 1. The molecule has 1 aliphatic rings. The third-order valence-corrected chi connectivity index (χ3v) is 4.83. The maximum absolute atomic E-state index is 12.5. The lowest BCUT2D eigenvalue weighted by atomic mass is 9.81. The number of benzene rings is 1. The van der Waals surface area contributed by atoms with Crippen molar-refractivity contribution >= 4 is 34.9 Å². The van der Waals surface area contributed by atoms with Crippen molar-refractivity contribution < 1.29 is 9.53 Å². The van der Waals surface area contributed by atoms with E-state index in [4.69, 9.17) is 27.9 Å². The van der Waals surface area contributed by atoms with Crippen LogP contribution < -0.4 is 10.9 Å². The minimum atomic E-state index is -0.676. The average Bonchev–Trinajstić information content (AvgIpc) is 2.56. The zero-order chi connectivity index (χ0) is 17.4. The number of halogens is 2. The van der Waals surface area contributed by atoms with Gasteiger partial charge < -0.3 is 15.0 Å². The first-order valence-electron chi connectivity index (χ1n) is 7.17. The normalized spacial score (nSPS) is 16.4. The topological polar surface area (TPSA) is 71.2 Å². The van der Waals surface area contributed by atoms with E-state index in [2.05, 4.69) is 10.3 Å². The van der Waals surface area contributed by atoms with E-state index in [9.17, 15) is 9.59 Å². The van der Waals surface area contributed by atoms with Gasteiger partial charge in [-0.05, 0) is 24.6 Å². The second-order valence-corrected chi connectivity index (χ2v) is 6.15. The number of allylic oxidation sites excluding steroid dienone is 1. The summed E-state index contributed by atoms with van der Waals surface area (Å²) in [7, 11) is 1.30. The lowest BCUT2D eigenvalue weighted by Crippen LogP contribution is -2.29. The Kier molecular flexibility index (Phi) is 4.39. The average molecular weight is 365 g/mol. The molecule has 124 valence electrons. The minimum Gasteiger partial charge on any atom is -0.466 e. The Balaban J connectivity index is 2.35. The summed E-state index contributed by atoms with van der Waals surface area (Å²) in [5.41, 5.74) is 2.20. The summed E-state index contributed by atoms with van der Waals surface area (Å²) < 4.78 is 4.91. The van der Waals surface area contributed by atoms with E-state index < -0.39 is 11.9 Å². The van der Waals surface area contributed by atoms with Gasteiger partial charge in [0, 0.05) is 17.6 Å². The number of aromatic nitrogens is 1. The molecular formula is C17H14Cl2N2O3. The van der Waals surface area contributed by atoms with Crippen LogP contribution in [0, 0.1) is 0 Å². The summed E-state index contributed by atoms with van der Waals surface area (Å²) in [6.07, 6.45) is 1.54. The van der Waals surface area contributed by atoms with Gasteiger partial charge in [-0.1, -0.05) is 35.3 Å². The van der Waals surface area contributed by atoms with E-state index in [-0.39, 0.29) is 5.56 Å². The number of ether oxygens (including phenoxy) is 1. The van der Waals surface area contributed by atoms with E-state index in [0.29, 0.717) is 38.1 Å². The largest absolute Gasteiger partial charge is 0.466 e. The number of anilines is 1. The van der Waals surface area contributed by atoms with Crippen LogP contribution in [0.4, 0.5) is 5.69 Å². The second kappa shape index (κ2) is 6.34. The molecule has 0 bridgehead atoms. The van der Waals surface area contributed by atoms with Gasteiger partial charge in [0.2, 0.25) is 0 Å². The molecule has 5 nitrogen and oxygen atoms in total. The Labute approximate surface area is 148 Å². The molecule has 2 aromatic rings. The van der Waals surface area contributed by atoms with Crippen molar-refractivity contribution in [3.63, 3.8) is 0 Å². The molecule has 1 aromatic carbocycles. The number of hydrogen-bond donors (Lipinski definition) is 2.